The van der Waals surface area contributed by atoms with E-state index in [-0.39, 0.29) is 0 Å². The normalized spacial score (nSPS) is 17.6. The minimum atomic E-state index is 0.786. The van der Waals surface area contributed by atoms with Gasteiger partial charge in [0.15, 0.2) is 0 Å². The van der Waals surface area contributed by atoms with Gasteiger partial charge in [0.05, 0.1) is 6.54 Å². The van der Waals surface area contributed by atoms with Gasteiger partial charge in [-0.05, 0) is 25.0 Å². The molecule has 3 nitrogen and oxygen atoms in total. The topological polar surface area (TPSA) is 28.4 Å². The highest BCUT2D eigenvalue weighted by Gasteiger charge is 2.10. The zero-order valence-corrected chi connectivity index (χ0v) is 9.98. The number of hydrogen-bond donors (Lipinski definition) is 1. The van der Waals surface area contributed by atoms with Gasteiger partial charge in [0.1, 0.15) is 11.3 Å². The first-order chi connectivity index (χ1) is 8.42. The van der Waals surface area contributed by atoms with Gasteiger partial charge in [0.25, 0.3) is 0 Å². The van der Waals surface area contributed by atoms with Crippen molar-refractivity contribution in [2.24, 2.45) is 0 Å². The molecule has 0 amide bonds. The van der Waals surface area contributed by atoms with Crippen LogP contribution in [-0.2, 0) is 6.54 Å². The van der Waals surface area contributed by atoms with Gasteiger partial charge in [-0.2, -0.15) is 0 Å². The lowest BCUT2D eigenvalue weighted by molar-refractivity contribution is 0.146. The van der Waals surface area contributed by atoms with Crippen molar-refractivity contribution < 1.29 is 4.42 Å². The molecule has 0 aliphatic carbocycles. The number of nitrogens with zero attached hydrogens (tertiary/aromatic N) is 1. The minimum Gasteiger partial charge on any atom is -0.460 e. The summed E-state index contributed by atoms with van der Waals surface area (Å²) in [5, 5.41) is 3.49. The summed E-state index contributed by atoms with van der Waals surface area (Å²) in [6.45, 7) is 3.09. The average Bonchev–Trinajstić information content (AvgIpc) is 2.80. The number of hydrazine groups is 1. The van der Waals surface area contributed by atoms with Crippen LogP contribution in [0.25, 0.3) is 11.0 Å². The summed E-state index contributed by atoms with van der Waals surface area (Å²) in [5.41, 5.74) is 4.41. The lowest BCUT2D eigenvalue weighted by Gasteiger charge is -2.26. The fourth-order valence-electron chi connectivity index (χ4n) is 2.37. The quantitative estimate of drug-likeness (QED) is 0.878. The van der Waals surface area contributed by atoms with E-state index in [1.807, 2.05) is 18.2 Å². The average molecular weight is 230 g/mol. The van der Waals surface area contributed by atoms with Crippen molar-refractivity contribution in [1.82, 2.24) is 10.4 Å². The zero-order valence-electron chi connectivity index (χ0n) is 9.98. The van der Waals surface area contributed by atoms with Crippen LogP contribution in [0.3, 0.4) is 0 Å². The van der Waals surface area contributed by atoms with Gasteiger partial charge in [0.2, 0.25) is 0 Å². The highest BCUT2D eigenvalue weighted by Crippen LogP contribution is 2.18. The third-order valence-corrected chi connectivity index (χ3v) is 3.31. The summed E-state index contributed by atoms with van der Waals surface area (Å²) >= 11 is 0. The maximum absolute atomic E-state index is 5.77. The van der Waals surface area contributed by atoms with Crippen LogP contribution in [0.5, 0.6) is 0 Å². The Hall–Kier alpha value is -1.32. The molecule has 0 radical (unpaired) electrons. The molecule has 2 aromatic rings. The summed E-state index contributed by atoms with van der Waals surface area (Å²) < 4.78 is 5.77. The Bertz CT molecular complexity index is 453. The summed E-state index contributed by atoms with van der Waals surface area (Å²) in [4.78, 5) is 0. The van der Waals surface area contributed by atoms with Crippen LogP contribution in [0.1, 0.15) is 25.0 Å². The van der Waals surface area contributed by atoms with E-state index in [9.17, 15) is 0 Å². The molecule has 1 aliphatic heterocycles. The fraction of sp³-hybridized carbons (Fsp3) is 0.429. The first-order valence-electron chi connectivity index (χ1n) is 6.38. The van der Waals surface area contributed by atoms with Crippen LogP contribution in [-0.4, -0.2) is 18.1 Å². The molecule has 1 aromatic carbocycles. The van der Waals surface area contributed by atoms with Gasteiger partial charge < -0.3 is 4.42 Å². The molecular formula is C14H18N2O. The van der Waals surface area contributed by atoms with E-state index in [1.165, 1.54) is 24.6 Å². The molecular weight excluding hydrogens is 212 g/mol. The van der Waals surface area contributed by atoms with Gasteiger partial charge in [-0.1, -0.05) is 24.6 Å². The molecule has 2 heterocycles. The van der Waals surface area contributed by atoms with E-state index in [1.54, 1.807) is 0 Å². The smallest absolute Gasteiger partial charge is 0.134 e. The van der Waals surface area contributed by atoms with Gasteiger partial charge in [0, 0.05) is 18.5 Å². The van der Waals surface area contributed by atoms with Crippen molar-refractivity contribution in [3.05, 3.63) is 36.1 Å². The number of furan rings is 1. The third-order valence-electron chi connectivity index (χ3n) is 3.31. The molecule has 1 N–H and O–H groups in total. The summed E-state index contributed by atoms with van der Waals surface area (Å²) in [6.07, 6.45) is 3.96. The van der Waals surface area contributed by atoms with Crippen LogP contribution >= 0.6 is 0 Å². The lowest BCUT2D eigenvalue weighted by Crippen LogP contribution is -2.41. The summed E-state index contributed by atoms with van der Waals surface area (Å²) in [7, 11) is 0. The largest absolute Gasteiger partial charge is 0.460 e. The minimum absolute atomic E-state index is 0.786. The molecule has 1 aromatic heterocycles. The molecule has 1 fully saturated rings. The molecule has 0 spiro atoms. The molecule has 17 heavy (non-hydrogen) atoms. The van der Waals surface area contributed by atoms with Crippen molar-refractivity contribution in [3.63, 3.8) is 0 Å². The van der Waals surface area contributed by atoms with Crippen molar-refractivity contribution in [2.75, 3.05) is 13.1 Å². The Kier molecular flexibility index (Phi) is 3.12. The summed E-state index contributed by atoms with van der Waals surface area (Å²) in [6, 6.07) is 10.3. The monoisotopic (exact) mass is 230 g/mol. The zero-order chi connectivity index (χ0) is 11.5. The van der Waals surface area contributed by atoms with E-state index >= 15 is 0 Å². The van der Waals surface area contributed by atoms with Gasteiger partial charge in [-0.25, -0.2) is 10.4 Å². The van der Waals surface area contributed by atoms with E-state index in [2.05, 4.69) is 22.6 Å². The van der Waals surface area contributed by atoms with Crippen LogP contribution < -0.4 is 5.43 Å². The fourth-order valence-corrected chi connectivity index (χ4v) is 2.37. The second-order valence-electron chi connectivity index (χ2n) is 4.63. The number of fused-ring (bicyclic) bond motifs is 1. The van der Waals surface area contributed by atoms with Crippen LogP contribution in [0.15, 0.2) is 34.7 Å². The van der Waals surface area contributed by atoms with Crippen molar-refractivity contribution >= 4 is 11.0 Å². The van der Waals surface area contributed by atoms with Gasteiger partial charge in [-0.3, -0.25) is 0 Å². The summed E-state index contributed by atoms with van der Waals surface area (Å²) in [5.74, 6) is 1.01. The Morgan fingerprint density at radius 3 is 2.76 bits per heavy atom. The van der Waals surface area contributed by atoms with Crippen molar-refractivity contribution in [3.8, 4) is 0 Å². The number of benzene rings is 1. The Morgan fingerprint density at radius 2 is 1.94 bits per heavy atom. The Balaban J connectivity index is 1.64. The molecule has 1 aliphatic rings. The molecule has 3 rings (SSSR count). The first kappa shape index (κ1) is 10.8. The van der Waals surface area contributed by atoms with E-state index in [0.717, 1.165) is 31.0 Å². The van der Waals surface area contributed by atoms with E-state index in [4.69, 9.17) is 4.42 Å². The molecule has 0 bridgehead atoms. The third kappa shape index (κ3) is 2.51. The van der Waals surface area contributed by atoms with Crippen LogP contribution in [0.4, 0.5) is 0 Å². The van der Waals surface area contributed by atoms with Crippen LogP contribution in [0, 0.1) is 0 Å². The van der Waals surface area contributed by atoms with Crippen LogP contribution in [0.2, 0.25) is 0 Å². The van der Waals surface area contributed by atoms with Gasteiger partial charge >= 0.3 is 0 Å². The highest BCUT2D eigenvalue weighted by atomic mass is 16.3. The van der Waals surface area contributed by atoms with Crippen molar-refractivity contribution in [1.29, 1.82) is 0 Å². The lowest BCUT2D eigenvalue weighted by atomic mass is 10.2. The SMILES string of the molecule is c1ccc2oc(CNN3CCCCC3)cc2c1. The Morgan fingerprint density at radius 1 is 1.12 bits per heavy atom. The maximum atomic E-state index is 5.77. The predicted octanol–water partition coefficient (Wildman–Crippen LogP) is 2.92. The standard InChI is InChI=1S/C14H18N2O/c1-4-8-16(9-5-1)15-11-13-10-12-6-2-3-7-14(12)17-13/h2-3,6-7,10,15H,1,4-5,8-9,11H2. The van der Waals surface area contributed by atoms with Gasteiger partial charge in [-0.15, -0.1) is 0 Å². The molecule has 1 saturated heterocycles. The van der Waals surface area contributed by atoms with Crippen molar-refractivity contribution in [2.45, 2.75) is 25.8 Å². The highest BCUT2D eigenvalue weighted by molar-refractivity contribution is 5.77. The van der Waals surface area contributed by atoms with E-state index < -0.39 is 0 Å². The van der Waals surface area contributed by atoms with E-state index in [0.29, 0.717) is 0 Å². The number of nitrogens with one attached hydrogen (secondary N) is 1. The number of rotatable bonds is 3. The molecule has 0 unspecified atom stereocenters. The molecule has 0 atom stereocenters. The first-order valence-corrected chi connectivity index (χ1v) is 6.38. The maximum Gasteiger partial charge on any atom is 0.134 e. The molecule has 0 saturated carbocycles. The second kappa shape index (κ2) is 4.90. The number of hydrogen-bond acceptors (Lipinski definition) is 3. The predicted molar refractivity (Wildman–Crippen MR) is 68.5 cm³/mol. The molecule has 3 heteroatoms. The molecule has 90 valence electrons. The second-order valence-corrected chi connectivity index (χ2v) is 4.63. The number of para-hydroxylation sites is 1. The Labute approximate surface area is 101 Å². The number of piperidine rings is 1.